The molecule has 0 N–H and O–H groups in total. The predicted molar refractivity (Wildman–Crippen MR) is 139 cm³/mol. The summed E-state index contributed by atoms with van der Waals surface area (Å²) in [5.74, 6) is -1.75. The van der Waals surface area contributed by atoms with Gasteiger partial charge in [0.15, 0.2) is 0 Å². The van der Waals surface area contributed by atoms with Crippen molar-refractivity contribution < 1.29 is 27.5 Å². The van der Waals surface area contributed by atoms with Crippen molar-refractivity contribution in [2.45, 2.75) is 17.7 Å². The second-order valence-corrected chi connectivity index (χ2v) is 8.86. The largest absolute Gasteiger partial charge is 0.465 e. The van der Waals surface area contributed by atoms with E-state index in [1.54, 1.807) is 91.0 Å². The summed E-state index contributed by atoms with van der Waals surface area (Å²) in [4.78, 5) is 18.0. The van der Waals surface area contributed by atoms with Crippen molar-refractivity contribution in [3.05, 3.63) is 144 Å². The molecule has 0 aliphatic carbocycles. The Hall–Kier alpha value is -4.36. The molecule has 4 aromatic carbocycles. The number of carbonyl (C=O) groups is 1. The highest BCUT2D eigenvalue weighted by Gasteiger charge is 2.65. The number of rotatable bonds is 6. The molecule has 1 atom stereocenters. The number of benzene rings is 4. The molecule has 4 aromatic rings. The van der Waals surface area contributed by atoms with E-state index in [4.69, 9.17) is 9.57 Å². The lowest BCUT2D eigenvalue weighted by molar-refractivity contribution is -0.257. The maximum absolute atomic E-state index is 15.4. The lowest BCUT2D eigenvalue weighted by Gasteiger charge is -2.38. The topological polar surface area (TPSA) is 38.8 Å². The van der Waals surface area contributed by atoms with Gasteiger partial charge in [-0.05, 0) is 41.5 Å². The van der Waals surface area contributed by atoms with E-state index in [1.165, 1.54) is 42.5 Å². The number of ether oxygens (including phenoxy) is 1. The molecule has 1 unspecified atom stereocenters. The van der Waals surface area contributed by atoms with Crippen LogP contribution >= 0.6 is 0 Å². The normalized spacial score (nSPS) is 17.4. The van der Waals surface area contributed by atoms with Crippen LogP contribution in [0.1, 0.15) is 33.0 Å². The third-order valence-corrected chi connectivity index (χ3v) is 6.54. The van der Waals surface area contributed by atoms with Gasteiger partial charge in [-0.25, -0.2) is 14.7 Å². The minimum atomic E-state index is -4.80. The van der Waals surface area contributed by atoms with E-state index >= 15 is 13.2 Å². The van der Waals surface area contributed by atoms with Crippen LogP contribution in [0.4, 0.5) is 18.9 Å². The first-order valence-electron chi connectivity index (χ1n) is 12.0. The van der Waals surface area contributed by atoms with Crippen LogP contribution in [0, 0.1) is 0 Å². The molecular weight excluding hydrogens is 491 g/mol. The molecule has 0 aromatic heterocycles. The Labute approximate surface area is 218 Å². The van der Waals surface area contributed by atoms with E-state index in [0.29, 0.717) is 22.4 Å². The fraction of sp³-hybridized carbons (Fsp3) is 0.129. The van der Waals surface area contributed by atoms with E-state index < -0.39 is 23.7 Å². The van der Waals surface area contributed by atoms with E-state index in [0.717, 1.165) is 0 Å². The summed E-state index contributed by atoms with van der Waals surface area (Å²) in [5, 5.41) is 1.20. The monoisotopic (exact) mass is 515 g/mol. The van der Waals surface area contributed by atoms with Crippen LogP contribution in [0.5, 0.6) is 0 Å². The Morgan fingerprint density at radius 2 is 1.29 bits per heavy atom. The van der Waals surface area contributed by atoms with Gasteiger partial charge in [0.25, 0.3) is 0 Å². The van der Waals surface area contributed by atoms with Crippen molar-refractivity contribution in [1.29, 1.82) is 0 Å². The minimum absolute atomic E-state index is 0.241. The van der Waals surface area contributed by atoms with Crippen molar-refractivity contribution in [1.82, 2.24) is 0 Å². The quantitative estimate of drug-likeness (QED) is 0.251. The van der Waals surface area contributed by atoms with E-state index in [9.17, 15) is 4.79 Å². The fourth-order valence-electron chi connectivity index (χ4n) is 4.75. The number of carbonyl (C=O) groups excluding carboxylic acids is 1. The molecule has 1 aliphatic rings. The summed E-state index contributed by atoms with van der Waals surface area (Å²) >= 11 is 0. The van der Waals surface area contributed by atoms with Crippen molar-refractivity contribution in [2.24, 2.45) is 0 Å². The molecule has 0 bridgehead atoms. The van der Waals surface area contributed by atoms with Crippen LogP contribution in [0.2, 0.25) is 0 Å². The molecule has 0 radical (unpaired) electrons. The van der Waals surface area contributed by atoms with Gasteiger partial charge in [-0.2, -0.15) is 13.2 Å². The predicted octanol–water partition coefficient (Wildman–Crippen LogP) is 7.40. The molecule has 5 rings (SSSR count). The number of halogens is 3. The molecule has 192 valence electrons. The van der Waals surface area contributed by atoms with Crippen molar-refractivity contribution in [3.8, 4) is 0 Å². The average molecular weight is 516 g/mol. The summed E-state index contributed by atoms with van der Waals surface area (Å²) < 4.78 is 50.9. The number of esters is 1. The third-order valence-electron chi connectivity index (χ3n) is 6.54. The SMILES string of the molecule is COC(=O)c1ccc(N2OC(C(c3ccccc3)c3ccccc3)(C(F)(F)F)C=C2c2ccccc2)cc1. The van der Waals surface area contributed by atoms with Crippen molar-refractivity contribution >= 4 is 17.4 Å². The molecule has 38 heavy (non-hydrogen) atoms. The van der Waals surface area contributed by atoms with Gasteiger partial charge < -0.3 is 4.74 Å². The Kier molecular flexibility index (Phi) is 6.78. The highest BCUT2D eigenvalue weighted by Crippen LogP contribution is 2.54. The molecule has 7 heteroatoms. The number of hydrogen-bond acceptors (Lipinski definition) is 4. The summed E-state index contributed by atoms with van der Waals surface area (Å²) in [5.41, 5.74) is -0.415. The number of hydrogen-bond donors (Lipinski definition) is 0. The van der Waals surface area contributed by atoms with Gasteiger partial charge in [-0.1, -0.05) is 91.0 Å². The van der Waals surface area contributed by atoms with E-state index in [-0.39, 0.29) is 11.3 Å². The van der Waals surface area contributed by atoms with Crippen molar-refractivity contribution in [3.63, 3.8) is 0 Å². The minimum Gasteiger partial charge on any atom is -0.465 e. The standard InChI is InChI=1S/C31H24F3NO3/c1-37-29(36)25-17-19-26(20-18-25)35-27(22-11-5-2-6-12-22)21-30(38-35,31(32,33)34)28(23-13-7-3-8-14-23)24-15-9-4-10-16-24/h2-21,28H,1H3. The molecule has 0 saturated heterocycles. The number of hydroxylamine groups is 1. The number of anilines is 1. The molecule has 1 heterocycles. The highest BCUT2D eigenvalue weighted by molar-refractivity contribution is 5.90. The van der Waals surface area contributed by atoms with Gasteiger partial charge in [0, 0.05) is 5.56 Å². The molecule has 0 amide bonds. The molecule has 0 fully saturated rings. The van der Waals surface area contributed by atoms with Crippen LogP contribution in [0.25, 0.3) is 5.70 Å². The molecule has 4 nitrogen and oxygen atoms in total. The number of methoxy groups -OCH3 is 1. The Morgan fingerprint density at radius 1 is 0.789 bits per heavy atom. The zero-order valence-electron chi connectivity index (χ0n) is 20.4. The van der Waals surface area contributed by atoms with E-state index in [2.05, 4.69) is 0 Å². The van der Waals surface area contributed by atoms with Crippen molar-refractivity contribution in [2.75, 3.05) is 12.2 Å². The molecule has 0 saturated carbocycles. The molecule has 0 spiro atoms. The second kappa shape index (κ2) is 10.2. The van der Waals surface area contributed by atoms with Crippen LogP contribution in [-0.2, 0) is 9.57 Å². The van der Waals surface area contributed by atoms with Gasteiger partial charge >= 0.3 is 12.1 Å². The van der Waals surface area contributed by atoms with Crippen LogP contribution in [0.3, 0.4) is 0 Å². The van der Waals surface area contributed by atoms with Crippen LogP contribution in [-0.4, -0.2) is 24.9 Å². The Bertz CT molecular complexity index is 1380. The lowest BCUT2D eigenvalue weighted by atomic mass is 9.76. The van der Waals surface area contributed by atoms with Gasteiger partial charge in [0.1, 0.15) is 0 Å². The first-order valence-corrected chi connectivity index (χ1v) is 12.0. The average Bonchev–Trinajstić information content (AvgIpc) is 3.36. The first-order chi connectivity index (χ1) is 18.3. The summed E-state index contributed by atoms with van der Waals surface area (Å²) in [7, 11) is 1.26. The summed E-state index contributed by atoms with van der Waals surface area (Å²) in [6.45, 7) is 0. The maximum atomic E-state index is 15.4. The zero-order chi connectivity index (χ0) is 26.8. The number of nitrogens with zero attached hydrogens (tertiary/aromatic N) is 1. The Balaban J connectivity index is 1.72. The van der Waals surface area contributed by atoms with Gasteiger partial charge in [-0.15, -0.1) is 0 Å². The molecular formula is C31H24F3NO3. The lowest BCUT2D eigenvalue weighted by Crippen LogP contribution is -2.51. The smallest absolute Gasteiger partial charge is 0.424 e. The Morgan fingerprint density at radius 3 is 1.76 bits per heavy atom. The zero-order valence-corrected chi connectivity index (χ0v) is 20.4. The third kappa shape index (κ3) is 4.57. The molecule has 1 aliphatic heterocycles. The highest BCUT2D eigenvalue weighted by atomic mass is 19.4. The van der Waals surface area contributed by atoms with E-state index in [1.807, 2.05) is 0 Å². The van der Waals surface area contributed by atoms with Gasteiger partial charge in [0.05, 0.1) is 30.0 Å². The van der Waals surface area contributed by atoms with Crippen LogP contribution in [0.15, 0.2) is 121 Å². The second-order valence-electron chi connectivity index (χ2n) is 8.86. The van der Waals surface area contributed by atoms with Gasteiger partial charge in [-0.3, -0.25) is 0 Å². The fourth-order valence-corrected chi connectivity index (χ4v) is 4.75. The summed E-state index contributed by atoms with van der Waals surface area (Å²) in [6, 6.07) is 32.0. The van der Waals surface area contributed by atoms with Crippen LogP contribution < -0.4 is 5.06 Å². The summed E-state index contributed by atoms with van der Waals surface area (Å²) in [6.07, 6.45) is -3.63. The maximum Gasteiger partial charge on any atom is 0.424 e. The number of alkyl halides is 3. The van der Waals surface area contributed by atoms with Gasteiger partial charge in [0.2, 0.25) is 5.60 Å². The first kappa shape index (κ1) is 25.3.